The average molecular weight is 220 g/mol. The second-order valence-electron chi connectivity index (χ2n) is 5.61. The van der Waals surface area contributed by atoms with Crippen LogP contribution in [-0.2, 0) is 4.74 Å². The van der Waals surface area contributed by atoms with E-state index >= 15 is 0 Å². The molecule has 1 rings (SSSR count). The second-order valence-corrected chi connectivity index (χ2v) is 5.61. The van der Waals surface area contributed by atoms with E-state index in [1.807, 2.05) is 0 Å². The van der Waals surface area contributed by atoms with Crippen LogP contribution in [0.4, 0.5) is 0 Å². The fraction of sp³-hybridized carbons (Fsp3) is 0.600. The summed E-state index contributed by atoms with van der Waals surface area (Å²) < 4.78 is 5.22. The van der Waals surface area contributed by atoms with Gasteiger partial charge in [-0.05, 0) is 30.2 Å². The number of hydrogen-bond donors (Lipinski definition) is 0. The first-order valence-electron chi connectivity index (χ1n) is 6.00. The van der Waals surface area contributed by atoms with E-state index in [-0.39, 0.29) is 5.41 Å². The molecule has 0 aliphatic rings. The molecule has 1 aromatic carbocycles. The summed E-state index contributed by atoms with van der Waals surface area (Å²) >= 11 is 0. The molecule has 1 aromatic rings. The molecule has 0 aliphatic heterocycles. The van der Waals surface area contributed by atoms with Crippen molar-refractivity contribution in [2.75, 3.05) is 13.7 Å². The summed E-state index contributed by atoms with van der Waals surface area (Å²) in [4.78, 5) is 0. The summed E-state index contributed by atoms with van der Waals surface area (Å²) in [6.45, 7) is 9.89. The quantitative estimate of drug-likeness (QED) is 0.740. The fourth-order valence-corrected chi connectivity index (χ4v) is 2.22. The molecule has 0 aromatic heterocycles. The zero-order valence-electron chi connectivity index (χ0n) is 11.2. The number of methoxy groups -OCH3 is 1. The molecule has 0 unspecified atom stereocenters. The molecule has 0 amide bonds. The van der Waals surface area contributed by atoms with Crippen molar-refractivity contribution < 1.29 is 4.74 Å². The van der Waals surface area contributed by atoms with Crippen LogP contribution in [0.5, 0.6) is 0 Å². The molecule has 0 saturated heterocycles. The fourth-order valence-electron chi connectivity index (χ4n) is 2.22. The van der Waals surface area contributed by atoms with E-state index in [1.165, 1.54) is 11.1 Å². The van der Waals surface area contributed by atoms with Crippen LogP contribution in [0.3, 0.4) is 0 Å². The smallest absolute Gasteiger partial charge is 0.0468 e. The van der Waals surface area contributed by atoms with E-state index in [9.17, 15) is 0 Å². The van der Waals surface area contributed by atoms with Gasteiger partial charge in [0.25, 0.3) is 0 Å². The van der Waals surface area contributed by atoms with E-state index in [0.717, 1.165) is 13.0 Å². The van der Waals surface area contributed by atoms with Crippen LogP contribution < -0.4 is 0 Å². The Morgan fingerprint density at radius 1 is 1.25 bits per heavy atom. The molecule has 16 heavy (non-hydrogen) atoms. The first kappa shape index (κ1) is 13.2. The molecule has 0 saturated carbocycles. The summed E-state index contributed by atoms with van der Waals surface area (Å²) in [5.74, 6) is 0.562. The van der Waals surface area contributed by atoms with Crippen molar-refractivity contribution in [3.8, 4) is 0 Å². The first-order valence-corrected chi connectivity index (χ1v) is 6.00. The lowest BCUT2D eigenvalue weighted by atomic mass is 9.74. The van der Waals surface area contributed by atoms with Crippen molar-refractivity contribution in [3.05, 3.63) is 35.4 Å². The Balaban J connectivity index is 2.92. The number of hydrogen-bond acceptors (Lipinski definition) is 1. The van der Waals surface area contributed by atoms with Gasteiger partial charge in [0.1, 0.15) is 0 Å². The van der Waals surface area contributed by atoms with Gasteiger partial charge in [-0.2, -0.15) is 0 Å². The van der Waals surface area contributed by atoms with E-state index in [4.69, 9.17) is 4.74 Å². The third-order valence-corrected chi connectivity index (χ3v) is 3.10. The van der Waals surface area contributed by atoms with Crippen molar-refractivity contribution in [3.63, 3.8) is 0 Å². The third kappa shape index (κ3) is 3.64. The molecular weight excluding hydrogens is 196 g/mol. The molecular formula is C15H24O. The molecule has 0 aliphatic carbocycles. The number of aryl methyl sites for hydroxylation is 1. The van der Waals surface area contributed by atoms with Gasteiger partial charge in [0.15, 0.2) is 0 Å². The van der Waals surface area contributed by atoms with Crippen LogP contribution in [0.1, 0.15) is 44.2 Å². The Bertz CT molecular complexity index is 322. The van der Waals surface area contributed by atoms with Gasteiger partial charge < -0.3 is 4.74 Å². The topological polar surface area (TPSA) is 9.23 Å². The lowest BCUT2D eigenvalue weighted by Gasteiger charge is -2.31. The van der Waals surface area contributed by atoms with Crippen molar-refractivity contribution in [1.29, 1.82) is 0 Å². The van der Waals surface area contributed by atoms with Gasteiger partial charge in [-0.25, -0.2) is 0 Å². The molecule has 0 heterocycles. The molecule has 0 fully saturated rings. The number of rotatable bonds is 4. The van der Waals surface area contributed by atoms with Crippen LogP contribution in [0, 0.1) is 12.3 Å². The lowest BCUT2D eigenvalue weighted by Crippen LogP contribution is -2.20. The monoisotopic (exact) mass is 220 g/mol. The van der Waals surface area contributed by atoms with Gasteiger partial charge in [0, 0.05) is 13.7 Å². The SMILES string of the molecule is COCC[C@H](c1cccc(C)c1)C(C)(C)C. The van der Waals surface area contributed by atoms with Crippen molar-refractivity contribution in [2.45, 2.75) is 40.0 Å². The van der Waals surface area contributed by atoms with Crippen molar-refractivity contribution >= 4 is 0 Å². The Morgan fingerprint density at radius 3 is 2.44 bits per heavy atom. The standard InChI is InChI=1S/C15H24O/c1-12-7-6-8-13(11-12)14(9-10-16-5)15(2,3)4/h6-8,11,14H,9-10H2,1-5H3/t14-/m1/s1. The largest absolute Gasteiger partial charge is 0.385 e. The van der Waals surface area contributed by atoms with Gasteiger partial charge >= 0.3 is 0 Å². The highest BCUT2D eigenvalue weighted by Gasteiger charge is 2.25. The molecule has 1 heteroatoms. The number of ether oxygens (including phenoxy) is 1. The molecule has 0 spiro atoms. The maximum absolute atomic E-state index is 5.22. The molecule has 0 N–H and O–H groups in total. The zero-order chi connectivity index (χ0) is 12.2. The molecule has 0 radical (unpaired) electrons. The number of benzene rings is 1. The van der Waals surface area contributed by atoms with E-state index < -0.39 is 0 Å². The van der Waals surface area contributed by atoms with Crippen LogP contribution >= 0.6 is 0 Å². The Morgan fingerprint density at radius 2 is 1.94 bits per heavy atom. The predicted octanol–water partition coefficient (Wildman–Crippen LogP) is 4.16. The van der Waals surface area contributed by atoms with Crippen LogP contribution in [0.25, 0.3) is 0 Å². The van der Waals surface area contributed by atoms with E-state index in [0.29, 0.717) is 5.92 Å². The highest BCUT2D eigenvalue weighted by molar-refractivity contribution is 5.26. The molecule has 0 bridgehead atoms. The van der Waals surface area contributed by atoms with Crippen LogP contribution in [0.15, 0.2) is 24.3 Å². The van der Waals surface area contributed by atoms with Gasteiger partial charge in [0.2, 0.25) is 0 Å². The summed E-state index contributed by atoms with van der Waals surface area (Å²) in [5, 5.41) is 0. The van der Waals surface area contributed by atoms with Crippen LogP contribution in [-0.4, -0.2) is 13.7 Å². The minimum Gasteiger partial charge on any atom is -0.385 e. The molecule has 1 nitrogen and oxygen atoms in total. The van der Waals surface area contributed by atoms with E-state index in [2.05, 4.69) is 52.0 Å². The second kappa shape index (κ2) is 5.49. The molecule has 1 atom stereocenters. The zero-order valence-corrected chi connectivity index (χ0v) is 11.2. The predicted molar refractivity (Wildman–Crippen MR) is 69.9 cm³/mol. The Kier molecular flexibility index (Phi) is 4.55. The van der Waals surface area contributed by atoms with Crippen molar-refractivity contribution in [1.82, 2.24) is 0 Å². The molecule has 90 valence electrons. The Hall–Kier alpha value is -0.820. The normalized spacial score (nSPS) is 13.8. The lowest BCUT2D eigenvalue weighted by molar-refractivity contribution is 0.165. The van der Waals surface area contributed by atoms with Crippen molar-refractivity contribution in [2.24, 2.45) is 5.41 Å². The maximum atomic E-state index is 5.22. The maximum Gasteiger partial charge on any atom is 0.0468 e. The van der Waals surface area contributed by atoms with Gasteiger partial charge in [-0.15, -0.1) is 0 Å². The summed E-state index contributed by atoms with van der Waals surface area (Å²) in [7, 11) is 1.77. The minimum atomic E-state index is 0.284. The average Bonchev–Trinajstić information content (AvgIpc) is 2.16. The highest BCUT2D eigenvalue weighted by Crippen LogP contribution is 2.37. The summed E-state index contributed by atoms with van der Waals surface area (Å²) in [5.41, 5.74) is 3.06. The third-order valence-electron chi connectivity index (χ3n) is 3.10. The van der Waals surface area contributed by atoms with Crippen LogP contribution in [0.2, 0.25) is 0 Å². The van der Waals surface area contributed by atoms with Gasteiger partial charge in [-0.1, -0.05) is 50.6 Å². The minimum absolute atomic E-state index is 0.284. The summed E-state index contributed by atoms with van der Waals surface area (Å²) in [6, 6.07) is 8.83. The van der Waals surface area contributed by atoms with E-state index in [1.54, 1.807) is 7.11 Å². The highest BCUT2D eigenvalue weighted by atomic mass is 16.5. The van der Waals surface area contributed by atoms with Gasteiger partial charge in [-0.3, -0.25) is 0 Å². The Labute approximate surface area is 99.8 Å². The van der Waals surface area contributed by atoms with Gasteiger partial charge in [0.05, 0.1) is 0 Å². The first-order chi connectivity index (χ1) is 7.45. The summed E-state index contributed by atoms with van der Waals surface area (Å²) in [6.07, 6.45) is 1.09.